The van der Waals surface area contributed by atoms with Crippen molar-refractivity contribution in [3.63, 3.8) is 0 Å². The summed E-state index contributed by atoms with van der Waals surface area (Å²) in [6.07, 6.45) is 0. The molecule has 0 aliphatic rings. The Morgan fingerprint density at radius 1 is 1.20 bits per heavy atom. The highest BCUT2D eigenvalue weighted by Crippen LogP contribution is 2.25. The molecule has 0 unspecified atom stereocenters. The van der Waals surface area contributed by atoms with Crippen LogP contribution in [0.1, 0.15) is 10.4 Å². The van der Waals surface area contributed by atoms with E-state index < -0.39 is 15.9 Å². The van der Waals surface area contributed by atoms with Crippen molar-refractivity contribution in [3.8, 4) is 5.75 Å². The molecular formula is C11H9BrN2O4S2. The van der Waals surface area contributed by atoms with Gasteiger partial charge in [0.1, 0.15) is 9.96 Å². The molecular weight excluding hydrogens is 368 g/mol. The molecule has 0 atom stereocenters. The van der Waals surface area contributed by atoms with E-state index in [2.05, 4.69) is 15.9 Å². The van der Waals surface area contributed by atoms with E-state index in [0.29, 0.717) is 3.79 Å². The molecule has 0 spiro atoms. The van der Waals surface area contributed by atoms with Crippen LogP contribution in [0, 0.1) is 0 Å². The molecule has 0 saturated carbocycles. The fourth-order valence-corrected chi connectivity index (χ4v) is 4.19. The Morgan fingerprint density at radius 3 is 2.50 bits per heavy atom. The van der Waals surface area contributed by atoms with Gasteiger partial charge >= 0.3 is 0 Å². The third-order valence-corrected chi connectivity index (χ3v) is 5.62. The van der Waals surface area contributed by atoms with Gasteiger partial charge in [0.25, 0.3) is 15.9 Å². The zero-order valence-electron chi connectivity index (χ0n) is 9.83. The first-order valence-corrected chi connectivity index (χ1v) is 8.35. The van der Waals surface area contributed by atoms with Crippen molar-refractivity contribution in [1.29, 1.82) is 0 Å². The van der Waals surface area contributed by atoms with Crippen LogP contribution in [0.25, 0.3) is 0 Å². The second kappa shape index (κ2) is 5.92. The molecule has 9 heteroatoms. The highest BCUT2D eigenvalue weighted by molar-refractivity contribution is 9.11. The topological polar surface area (TPSA) is 95.5 Å². The lowest BCUT2D eigenvalue weighted by atomic mass is 10.2. The average Bonchev–Trinajstić information content (AvgIpc) is 2.84. The number of nitrogens with one attached hydrogen (secondary N) is 2. The van der Waals surface area contributed by atoms with Gasteiger partial charge in [0.15, 0.2) is 0 Å². The molecule has 0 aliphatic heterocycles. The van der Waals surface area contributed by atoms with Gasteiger partial charge in [-0.25, -0.2) is 8.42 Å². The Labute approximate surface area is 127 Å². The number of carbonyl (C=O) groups excluding carboxylic acids is 1. The maximum absolute atomic E-state index is 11.9. The van der Waals surface area contributed by atoms with Crippen LogP contribution in [-0.2, 0) is 10.0 Å². The Bertz CT molecular complexity index is 742. The summed E-state index contributed by atoms with van der Waals surface area (Å²) in [5, 5.41) is 9.49. The molecule has 0 bridgehead atoms. The third-order valence-electron chi connectivity index (χ3n) is 2.26. The number of para-hydroxylation sites is 1. The van der Waals surface area contributed by atoms with Crippen LogP contribution in [0.15, 0.2) is 44.4 Å². The molecule has 0 aliphatic carbocycles. The number of phenols is 1. The van der Waals surface area contributed by atoms with Gasteiger partial charge in [-0.2, -0.15) is 0 Å². The molecule has 2 rings (SSSR count). The molecule has 0 radical (unpaired) electrons. The first-order valence-electron chi connectivity index (χ1n) is 5.25. The maximum Gasteiger partial charge on any atom is 0.269 e. The SMILES string of the molecule is O=C(NNS(=O)(=O)c1ccc(Br)s1)c1ccccc1O. The quantitative estimate of drug-likeness (QED) is 0.709. The molecule has 1 amide bonds. The largest absolute Gasteiger partial charge is 0.507 e. The van der Waals surface area contributed by atoms with Crippen molar-refractivity contribution in [3.05, 3.63) is 45.7 Å². The number of hydrazine groups is 1. The number of amides is 1. The number of benzene rings is 1. The Balaban J connectivity index is 2.09. The fourth-order valence-electron chi connectivity index (χ4n) is 1.34. The van der Waals surface area contributed by atoms with Gasteiger partial charge in [-0.15, -0.1) is 16.2 Å². The number of rotatable bonds is 4. The number of aromatic hydroxyl groups is 1. The molecule has 3 N–H and O–H groups in total. The first kappa shape index (κ1) is 15.0. The monoisotopic (exact) mass is 376 g/mol. The van der Waals surface area contributed by atoms with Crippen LogP contribution in [-0.4, -0.2) is 19.4 Å². The number of hydrogen-bond acceptors (Lipinski definition) is 5. The number of carbonyl (C=O) groups is 1. The van der Waals surface area contributed by atoms with E-state index in [4.69, 9.17) is 0 Å². The van der Waals surface area contributed by atoms with E-state index in [0.717, 1.165) is 11.3 Å². The minimum absolute atomic E-state index is 0.0254. The third kappa shape index (κ3) is 3.37. The van der Waals surface area contributed by atoms with Crippen LogP contribution < -0.4 is 10.3 Å². The first-order chi connectivity index (χ1) is 9.40. The second-order valence-electron chi connectivity index (χ2n) is 3.64. The van der Waals surface area contributed by atoms with Crippen LogP contribution in [0.5, 0.6) is 5.75 Å². The average molecular weight is 377 g/mol. The van der Waals surface area contributed by atoms with Gasteiger partial charge < -0.3 is 5.11 Å². The van der Waals surface area contributed by atoms with Crippen LogP contribution >= 0.6 is 27.3 Å². The Kier molecular flexibility index (Phi) is 4.43. The lowest BCUT2D eigenvalue weighted by Gasteiger charge is -2.07. The highest BCUT2D eigenvalue weighted by atomic mass is 79.9. The summed E-state index contributed by atoms with van der Waals surface area (Å²) in [5.41, 5.74) is 2.02. The highest BCUT2D eigenvalue weighted by Gasteiger charge is 2.18. The van der Waals surface area contributed by atoms with Crippen LogP contribution in [0.4, 0.5) is 0 Å². The summed E-state index contributed by atoms with van der Waals surface area (Å²) < 4.78 is 24.4. The Hall–Kier alpha value is -1.42. The summed E-state index contributed by atoms with van der Waals surface area (Å²) >= 11 is 4.17. The van der Waals surface area contributed by atoms with Gasteiger partial charge in [0.2, 0.25) is 0 Å². The van der Waals surface area contributed by atoms with Crippen molar-refractivity contribution in [1.82, 2.24) is 10.3 Å². The number of thiophene rings is 1. The Morgan fingerprint density at radius 2 is 1.90 bits per heavy atom. The number of phenolic OH excluding ortho intramolecular Hbond substituents is 1. The molecule has 106 valence electrons. The normalized spacial score (nSPS) is 11.2. The molecule has 1 heterocycles. The fraction of sp³-hybridized carbons (Fsp3) is 0. The molecule has 1 aromatic heterocycles. The molecule has 2 aromatic rings. The summed E-state index contributed by atoms with van der Waals surface area (Å²) in [4.78, 5) is 13.7. The van der Waals surface area contributed by atoms with E-state index in [1.165, 1.54) is 18.2 Å². The number of sulfonamides is 1. The van der Waals surface area contributed by atoms with E-state index >= 15 is 0 Å². The predicted molar refractivity (Wildman–Crippen MR) is 77.9 cm³/mol. The van der Waals surface area contributed by atoms with Crippen molar-refractivity contribution >= 4 is 43.2 Å². The zero-order valence-corrected chi connectivity index (χ0v) is 13.0. The van der Waals surface area contributed by atoms with Crippen molar-refractivity contribution in [2.45, 2.75) is 4.21 Å². The van der Waals surface area contributed by atoms with E-state index in [1.807, 2.05) is 10.3 Å². The minimum Gasteiger partial charge on any atom is -0.507 e. The molecule has 0 fully saturated rings. The van der Waals surface area contributed by atoms with Crippen LogP contribution in [0.3, 0.4) is 0 Å². The van der Waals surface area contributed by atoms with Gasteiger partial charge in [0.05, 0.1) is 9.35 Å². The van der Waals surface area contributed by atoms with E-state index in [-0.39, 0.29) is 15.5 Å². The van der Waals surface area contributed by atoms with E-state index in [9.17, 15) is 18.3 Å². The van der Waals surface area contributed by atoms with Crippen LogP contribution in [0.2, 0.25) is 0 Å². The summed E-state index contributed by atoms with van der Waals surface area (Å²) in [7, 11) is -3.83. The smallest absolute Gasteiger partial charge is 0.269 e. The lowest BCUT2D eigenvalue weighted by Crippen LogP contribution is -2.41. The minimum atomic E-state index is -3.83. The van der Waals surface area contributed by atoms with Gasteiger partial charge in [-0.1, -0.05) is 12.1 Å². The second-order valence-corrected chi connectivity index (χ2v) is 8.01. The summed E-state index contributed by atoms with van der Waals surface area (Å²) in [6.45, 7) is 0. The zero-order chi connectivity index (χ0) is 14.8. The van der Waals surface area contributed by atoms with Gasteiger partial charge in [0, 0.05) is 0 Å². The van der Waals surface area contributed by atoms with Gasteiger partial charge in [-0.05, 0) is 40.2 Å². The number of halogens is 1. The predicted octanol–water partition coefficient (Wildman–Crippen LogP) is 1.84. The molecule has 0 saturated heterocycles. The number of hydrogen-bond donors (Lipinski definition) is 3. The summed E-state index contributed by atoms with van der Waals surface area (Å²) in [5.74, 6) is -0.981. The molecule has 1 aromatic carbocycles. The maximum atomic E-state index is 11.9. The molecule has 20 heavy (non-hydrogen) atoms. The van der Waals surface area contributed by atoms with Crippen molar-refractivity contribution in [2.75, 3.05) is 0 Å². The van der Waals surface area contributed by atoms with E-state index in [1.54, 1.807) is 18.2 Å². The standard InChI is InChI=1S/C11H9BrN2O4S2/c12-9-5-6-10(19-9)20(17,18)14-13-11(16)7-3-1-2-4-8(7)15/h1-6,14-15H,(H,13,16). The van der Waals surface area contributed by atoms with Crippen molar-refractivity contribution in [2.24, 2.45) is 0 Å². The van der Waals surface area contributed by atoms with Gasteiger partial charge in [-0.3, -0.25) is 10.2 Å². The summed E-state index contributed by atoms with van der Waals surface area (Å²) in [6, 6.07) is 8.81. The van der Waals surface area contributed by atoms with Crippen molar-refractivity contribution < 1.29 is 18.3 Å². The molecule has 6 nitrogen and oxygen atoms in total. The lowest BCUT2D eigenvalue weighted by molar-refractivity contribution is 0.0942.